The molecule has 0 aliphatic heterocycles. The van der Waals surface area contributed by atoms with Crippen molar-refractivity contribution in [2.75, 3.05) is 12.4 Å². The van der Waals surface area contributed by atoms with Crippen molar-refractivity contribution >= 4 is 22.8 Å². The Hall–Kier alpha value is -3.61. The van der Waals surface area contributed by atoms with Crippen LogP contribution in [0.5, 0.6) is 5.75 Å². The van der Waals surface area contributed by atoms with Crippen LogP contribution in [0.4, 0.5) is 5.95 Å². The smallest absolute Gasteiger partial charge is 0.248 e. The van der Waals surface area contributed by atoms with Crippen LogP contribution in [0.25, 0.3) is 10.9 Å². The molecule has 2 N–H and O–H groups in total. The number of H-pyrrole nitrogens is 1. The largest absolute Gasteiger partial charge is 0.497 e. The minimum Gasteiger partial charge on any atom is -0.497 e. The molecule has 7 heteroatoms. The van der Waals surface area contributed by atoms with Crippen LogP contribution in [0.1, 0.15) is 11.4 Å². The van der Waals surface area contributed by atoms with E-state index in [1.165, 1.54) is 5.56 Å². The molecular formula is C21H21N5O2. The lowest BCUT2D eigenvalue weighted by atomic mass is 10.1. The van der Waals surface area contributed by atoms with Crippen molar-refractivity contribution in [3.05, 3.63) is 72.2 Å². The molecule has 4 rings (SSSR count). The zero-order chi connectivity index (χ0) is 19.3. The minimum atomic E-state index is -0.165. The molecule has 0 fully saturated rings. The highest BCUT2D eigenvalue weighted by Gasteiger charge is 2.10. The van der Waals surface area contributed by atoms with Gasteiger partial charge in [-0.1, -0.05) is 30.3 Å². The van der Waals surface area contributed by atoms with Gasteiger partial charge in [0.05, 0.1) is 7.11 Å². The maximum Gasteiger partial charge on any atom is 0.248 e. The number of para-hydroxylation sites is 1. The average molecular weight is 375 g/mol. The van der Waals surface area contributed by atoms with Crippen molar-refractivity contribution in [1.82, 2.24) is 19.7 Å². The number of benzene rings is 2. The second kappa shape index (κ2) is 7.96. The van der Waals surface area contributed by atoms with Gasteiger partial charge in [0.1, 0.15) is 18.1 Å². The first-order chi connectivity index (χ1) is 13.7. The Labute approximate surface area is 162 Å². The van der Waals surface area contributed by atoms with Crippen LogP contribution in [0.15, 0.2) is 60.8 Å². The second-order valence-electron chi connectivity index (χ2n) is 6.50. The van der Waals surface area contributed by atoms with Crippen LogP contribution in [-0.4, -0.2) is 32.8 Å². The van der Waals surface area contributed by atoms with Crippen molar-refractivity contribution in [2.45, 2.75) is 19.4 Å². The molecule has 0 aliphatic rings. The SMILES string of the molecule is COc1ccc(CCc2nc(NC(=O)Cn3ccc4ccccc43)n[nH]2)cc1. The van der Waals surface area contributed by atoms with Gasteiger partial charge in [0.15, 0.2) is 0 Å². The van der Waals surface area contributed by atoms with Gasteiger partial charge in [0, 0.05) is 18.1 Å². The quantitative estimate of drug-likeness (QED) is 0.519. The first-order valence-corrected chi connectivity index (χ1v) is 9.09. The number of rotatable bonds is 7. The highest BCUT2D eigenvalue weighted by molar-refractivity contribution is 5.90. The summed E-state index contributed by atoms with van der Waals surface area (Å²) in [5, 5.41) is 10.8. The molecule has 0 atom stereocenters. The number of aromatic amines is 1. The maximum atomic E-state index is 12.3. The normalized spacial score (nSPS) is 10.9. The number of hydrogen-bond donors (Lipinski definition) is 2. The van der Waals surface area contributed by atoms with Gasteiger partial charge in [-0.25, -0.2) is 0 Å². The Morgan fingerprint density at radius 1 is 1.11 bits per heavy atom. The summed E-state index contributed by atoms with van der Waals surface area (Å²) in [6.07, 6.45) is 3.43. The average Bonchev–Trinajstić information content (AvgIpc) is 3.34. The Balaban J connectivity index is 1.33. The third-order valence-electron chi connectivity index (χ3n) is 4.59. The third-order valence-corrected chi connectivity index (χ3v) is 4.59. The third kappa shape index (κ3) is 4.03. The second-order valence-corrected chi connectivity index (χ2v) is 6.50. The van der Waals surface area contributed by atoms with E-state index in [-0.39, 0.29) is 12.5 Å². The molecule has 28 heavy (non-hydrogen) atoms. The van der Waals surface area contributed by atoms with E-state index in [2.05, 4.69) is 20.5 Å². The van der Waals surface area contributed by atoms with Gasteiger partial charge in [-0.2, -0.15) is 4.98 Å². The van der Waals surface area contributed by atoms with Gasteiger partial charge in [0.2, 0.25) is 11.9 Å². The van der Waals surface area contributed by atoms with Gasteiger partial charge >= 0.3 is 0 Å². The van der Waals surface area contributed by atoms with E-state index < -0.39 is 0 Å². The van der Waals surface area contributed by atoms with Crippen molar-refractivity contribution in [3.63, 3.8) is 0 Å². The summed E-state index contributed by atoms with van der Waals surface area (Å²) in [6, 6.07) is 17.9. The van der Waals surface area contributed by atoms with Gasteiger partial charge in [-0.05, 0) is 41.6 Å². The predicted octanol–water partition coefficient (Wildman–Crippen LogP) is 3.19. The summed E-state index contributed by atoms with van der Waals surface area (Å²) in [5.74, 6) is 1.70. The molecule has 0 bridgehead atoms. The molecule has 0 saturated heterocycles. The van der Waals surface area contributed by atoms with E-state index in [1.807, 2.05) is 65.4 Å². The molecule has 0 aliphatic carbocycles. The van der Waals surface area contributed by atoms with Crippen LogP contribution in [0.3, 0.4) is 0 Å². The Morgan fingerprint density at radius 2 is 1.93 bits per heavy atom. The van der Waals surface area contributed by atoms with E-state index in [4.69, 9.17) is 4.74 Å². The number of ether oxygens (including phenoxy) is 1. The predicted molar refractivity (Wildman–Crippen MR) is 107 cm³/mol. The fraction of sp³-hybridized carbons (Fsp3) is 0.190. The fourth-order valence-corrected chi connectivity index (χ4v) is 3.12. The molecule has 1 amide bonds. The van der Waals surface area contributed by atoms with E-state index in [0.717, 1.165) is 28.9 Å². The number of carbonyl (C=O) groups is 1. The molecule has 2 aromatic carbocycles. The van der Waals surface area contributed by atoms with Crippen LogP contribution >= 0.6 is 0 Å². The number of aromatic nitrogens is 4. The summed E-state index contributed by atoms with van der Waals surface area (Å²) in [4.78, 5) is 16.7. The number of carbonyl (C=O) groups excluding carboxylic acids is 1. The van der Waals surface area contributed by atoms with E-state index in [9.17, 15) is 4.79 Å². The van der Waals surface area contributed by atoms with Crippen LogP contribution in [0, 0.1) is 0 Å². The number of fused-ring (bicyclic) bond motifs is 1. The lowest BCUT2D eigenvalue weighted by Crippen LogP contribution is -2.19. The summed E-state index contributed by atoms with van der Waals surface area (Å²) in [6.45, 7) is 0.212. The van der Waals surface area contributed by atoms with Crippen LogP contribution < -0.4 is 10.1 Å². The lowest BCUT2D eigenvalue weighted by Gasteiger charge is -2.04. The summed E-state index contributed by atoms with van der Waals surface area (Å²) in [5.41, 5.74) is 2.20. The van der Waals surface area contributed by atoms with Gasteiger partial charge in [-0.3, -0.25) is 15.2 Å². The monoisotopic (exact) mass is 375 g/mol. The van der Waals surface area contributed by atoms with Crippen molar-refractivity contribution in [1.29, 1.82) is 0 Å². The molecule has 2 aromatic heterocycles. The topological polar surface area (TPSA) is 84.8 Å². The van der Waals surface area contributed by atoms with Crippen LogP contribution in [-0.2, 0) is 24.2 Å². The minimum absolute atomic E-state index is 0.165. The van der Waals surface area contributed by atoms with Crippen molar-refractivity contribution in [2.24, 2.45) is 0 Å². The number of nitrogens with zero attached hydrogens (tertiary/aromatic N) is 3. The summed E-state index contributed by atoms with van der Waals surface area (Å²) in [7, 11) is 1.65. The van der Waals surface area contributed by atoms with E-state index >= 15 is 0 Å². The lowest BCUT2D eigenvalue weighted by molar-refractivity contribution is -0.116. The summed E-state index contributed by atoms with van der Waals surface area (Å²) < 4.78 is 7.07. The first-order valence-electron chi connectivity index (χ1n) is 9.09. The standard InChI is InChI=1S/C21H21N5O2/c1-28-17-9-6-15(7-10-17)8-11-19-22-21(25-24-19)23-20(27)14-26-13-12-16-4-2-3-5-18(16)26/h2-7,9-10,12-13H,8,11,14H2,1H3,(H2,22,23,24,25,27). The van der Waals surface area contributed by atoms with Crippen molar-refractivity contribution < 1.29 is 9.53 Å². The maximum absolute atomic E-state index is 12.3. The zero-order valence-electron chi connectivity index (χ0n) is 15.6. The molecule has 0 spiro atoms. The molecule has 142 valence electrons. The van der Waals surface area contributed by atoms with Gasteiger partial charge < -0.3 is 9.30 Å². The molecule has 0 unspecified atom stereocenters. The number of amides is 1. The van der Waals surface area contributed by atoms with Crippen molar-refractivity contribution in [3.8, 4) is 5.75 Å². The van der Waals surface area contributed by atoms with Gasteiger partial charge in [0.25, 0.3) is 0 Å². The molecule has 2 heterocycles. The molecule has 4 aromatic rings. The number of anilines is 1. The molecule has 7 nitrogen and oxygen atoms in total. The number of hydrogen-bond acceptors (Lipinski definition) is 4. The fourth-order valence-electron chi connectivity index (χ4n) is 3.12. The zero-order valence-corrected chi connectivity index (χ0v) is 15.6. The molecular weight excluding hydrogens is 354 g/mol. The molecule has 0 radical (unpaired) electrons. The van der Waals surface area contributed by atoms with Gasteiger partial charge in [-0.15, -0.1) is 5.10 Å². The number of methoxy groups -OCH3 is 1. The van der Waals surface area contributed by atoms with E-state index in [0.29, 0.717) is 12.4 Å². The molecule has 0 saturated carbocycles. The summed E-state index contributed by atoms with van der Waals surface area (Å²) >= 11 is 0. The van der Waals surface area contributed by atoms with Crippen LogP contribution in [0.2, 0.25) is 0 Å². The Bertz CT molecular complexity index is 1080. The highest BCUT2D eigenvalue weighted by atomic mass is 16.5. The first kappa shape index (κ1) is 17.8. The number of aryl methyl sites for hydroxylation is 2. The Morgan fingerprint density at radius 3 is 2.75 bits per heavy atom. The number of nitrogens with one attached hydrogen (secondary N) is 2. The van der Waals surface area contributed by atoms with E-state index in [1.54, 1.807) is 7.11 Å². The Kier molecular flexibility index (Phi) is 5.05. The highest BCUT2D eigenvalue weighted by Crippen LogP contribution is 2.15.